The average molecular weight is 306 g/mol. The van der Waals surface area contributed by atoms with Crippen molar-refractivity contribution in [1.29, 1.82) is 0 Å². The summed E-state index contributed by atoms with van der Waals surface area (Å²) in [6.45, 7) is 6.69. The van der Waals surface area contributed by atoms with Crippen molar-refractivity contribution in [3.63, 3.8) is 0 Å². The minimum atomic E-state index is -2.00. The van der Waals surface area contributed by atoms with Crippen molar-refractivity contribution in [3.8, 4) is 0 Å². The van der Waals surface area contributed by atoms with Crippen molar-refractivity contribution in [3.05, 3.63) is 11.5 Å². The number of urea groups is 2. The van der Waals surface area contributed by atoms with Crippen molar-refractivity contribution in [2.24, 2.45) is 4.99 Å². The number of nitrogens with zero attached hydrogens (tertiary/aromatic N) is 4. The van der Waals surface area contributed by atoms with E-state index in [0.29, 0.717) is 3.93 Å². The van der Waals surface area contributed by atoms with Crippen LogP contribution in [0, 0.1) is 6.57 Å². The summed E-state index contributed by atoms with van der Waals surface area (Å²) in [7, 11) is 0. The summed E-state index contributed by atoms with van der Waals surface area (Å²) in [5.41, 5.74) is 0. The molecule has 0 radical (unpaired) electrons. The number of amidine groups is 1. The molecule has 1 saturated heterocycles. The normalized spacial score (nSPS) is 28.6. The smallest absolute Gasteiger partial charge is 0.303 e. The second-order valence-corrected chi connectivity index (χ2v) is 4.08. The molecule has 2 aliphatic rings. The van der Waals surface area contributed by atoms with Crippen LogP contribution in [0.3, 0.4) is 0 Å². The molecule has 2 heterocycles. The molecule has 16 heavy (non-hydrogen) atoms. The van der Waals surface area contributed by atoms with Gasteiger partial charge in [-0.25, -0.2) is 13.5 Å². The molecule has 0 aromatic heterocycles. The van der Waals surface area contributed by atoms with Gasteiger partial charge in [-0.3, -0.25) is 4.79 Å². The van der Waals surface area contributed by atoms with E-state index < -0.39 is 23.0 Å². The molecule has 0 saturated carbocycles. The highest BCUT2D eigenvalue weighted by Gasteiger charge is 2.62. The van der Waals surface area contributed by atoms with E-state index in [4.69, 9.17) is 18.2 Å². The molecule has 0 spiro atoms. The Balaban J connectivity index is 2.57. The molecule has 5 amide bonds. The Kier molecular flexibility index (Phi) is 2.14. The fraction of sp³-hybridized carbons (Fsp3) is 0.167. The van der Waals surface area contributed by atoms with Gasteiger partial charge in [0.1, 0.15) is 0 Å². The van der Waals surface area contributed by atoms with E-state index in [1.807, 2.05) is 0 Å². The highest BCUT2D eigenvalue weighted by Crippen LogP contribution is 2.32. The van der Waals surface area contributed by atoms with Crippen molar-refractivity contribution in [2.75, 3.05) is 0 Å². The standard InChI is InChI=1S/C6HBrClN5O3/c1-9-13-3(14)6(8)2(10-4(15)11-6)12(7)5(13)16/h(H,11,15). The van der Waals surface area contributed by atoms with E-state index in [1.54, 1.807) is 0 Å². The quantitative estimate of drug-likeness (QED) is 0.305. The lowest BCUT2D eigenvalue weighted by atomic mass is 10.2. The van der Waals surface area contributed by atoms with Crippen LogP contribution in [0.25, 0.3) is 4.95 Å². The zero-order valence-corrected chi connectivity index (χ0v) is 9.61. The first-order valence-corrected chi connectivity index (χ1v) is 4.82. The maximum Gasteiger partial charge on any atom is 0.411 e. The number of aliphatic imine (C=N–C) groups is 1. The number of amides is 5. The summed E-state index contributed by atoms with van der Waals surface area (Å²) in [5, 5.41) is 2.26. The molecule has 0 bridgehead atoms. The molecular weight excluding hydrogens is 305 g/mol. The minimum Gasteiger partial charge on any atom is -0.303 e. The van der Waals surface area contributed by atoms with E-state index in [9.17, 15) is 14.4 Å². The topological polar surface area (TPSA) is 86.4 Å². The fourth-order valence-corrected chi connectivity index (χ4v) is 2.11. The molecule has 2 aliphatic heterocycles. The van der Waals surface area contributed by atoms with Gasteiger partial charge in [0.2, 0.25) is 0 Å². The average Bonchev–Trinajstić information content (AvgIpc) is 2.54. The minimum absolute atomic E-state index is 0.201. The highest BCUT2D eigenvalue weighted by molar-refractivity contribution is 9.08. The molecule has 0 aromatic rings. The van der Waals surface area contributed by atoms with Crippen LogP contribution in [-0.2, 0) is 4.79 Å². The van der Waals surface area contributed by atoms with E-state index in [0.717, 1.165) is 0 Å². The third-order valence-corrected chi connectivity index (χ3v) is 2.98. The third kappa shape index (κ3) is 1.14. The Labute approximate surface area is 102 Å². The highest BCUT2D eigenvalue weighted by atomic mass is 79.9. The number of fused-ring (bicyclic) bond motifs is 1. The Morgan fingerprint density at radius 2 is 2.12 bits per heavy atom. The molecule has 1 atom stereocenters. The molecule has 1 unspecified atom stereocenters. The molecule has 10 heteroatoms. The van der Waals surface area contributed by atoms with Crippen LogP contribution in [0.5, 0.6) is 0 Å². The van der Waals surface area contributed by atoms with Crippen LogP contribution in [0.1, 0.15) is 0 Å². The van der Waals surface area contributed by atoms with Crippen molar-refractivity contribution >= 4 is 51.6 Å². The zero-order chi connectivity index (χ0) is 12.1. The molecule has 0 aliphatic carbocycles. The lowest BCUT2D eigenvalue weighted by Crippen LogP contribution is -2.65. The number of hydrogen-bond donors (Lipinski definition) is 1. The van der Waals surface area contributed by atoms with E-state index in [-0.39, 0.29) is 10.8 Å². The van der Waals surface area contributed by atoms with Gasteiger partial charge in [-0.15, -0.1) is 4.95 Å². The van der Waals surface area contributed by atoms with Crippen LogP contribution in [0.15, 0.2) is 4.99 Å². The summed E-state index contributed by atoms with van der Waals surface area (Å²) in [5.74, 6) is -1.36. The zero-order valence-electron chi connectivity index (χ0n) is 7.27. The first-order valence-electron chi connectivity index (χ1n) is 3.74. The second kappa shape index (κ2) is 3.16. The van der Waals surface area contributed by atoms with Gasteiger partial charge in [-0.05, 0) is 0 Å². The van der Waals surface area contributed by atoms with Crippen LogP contribution in [0.2, 0.25) is 0 Å². The Morgan fingerprint density at radius 3 is 2.69 bits per heavy atom. The summed E-state index contributed by atoms with van der Waals surface area (Å²) in [6.07, 6.45) is 0. The predicted octanol–water partition coefficient (Wildman–Crippen LogP) is 0.452. The molecule has 8 nitrogen and oxygen atoms in total. The number of nitrogens with one attached hydrogen (secondary N) is 1. The lowest BCUT2D eigenvalue weighted by molar-refractivity contribution is -0.128. The number of carbonyl (C=O) groups excluding carboxylic acids is 3. The summed E-state index contributed by atoms with van der Waals surface area (Å²) in [4.78, 5) is 38.2. The van der Waals surface area contributed by atoms with Gasteiger partial charge < -0.3 is 5.32 Å². The largest absolute Gasteiger partial charge is 0.411 e. The summed E-state index contributed by atoms with van der Waals surface area (Å²) >= 11 is 8.60. The summed E-state index contributed by atoms with van der Waals surface area (Å²) in [6, 6.07) is -1.84. The number of alkyl halides is 1. The fourth-order valence-electron chi connectivity index (χ4n) is 1.23. The molecule has 0 aromatic carbocycles. The third-order valence-electron chi connectivity index (χ3n) is 1.92. The number of rotatable bonds is 0. The number of halogens is 2. The van der Waals surface area contributed by atoms with Crippen molar-refractivity contribution in [1.82, 2.24) is 14.3 Å². The SMILES string of the molecule is [C-]#[N+]N1C(=O)N(Br)C2=NC(=O)NC2(Cl)C1=O. The maximum absolute atomic E-state index is 11.7. The number of hydrogen-bond acceptors (Lipinski definition) is 3. The molecule has 1 fully saturated rings. The van der Waals surface area contributed by atoms with Crippen molar-refractivity contribution in [2.45, 2.75) is 5.00 Å². The van der Waals surface area contributed by atoms with Crippen LogP contribution in [0.4, 0.5) is 9.59 Å². The van der Waals surface area contributed by atoms with Gasteiger partial charge >= 0.3 is 18.0 Å². The molecule has 2 rings (SSSR count). The Bertz CT molecular complexity index is 499. The van der Waals surface area contributed by atoms with E-state index in [1.165, 1.54) is 0 Å². The van der Waals surface area contributed by atoms with Gasteiger partial charge in [-0.2, -0.15) is 11.6 Å². The van der Waals surface area contributed by atoms with Gasteiger partial charge in [0.15, 0.2) is 5.84 Å². The summed E-state index contributed by atoms with van der Waals surface area (Å²) < 4.78 is 0.692. The van der Waals surface area contributed by atoms with Crippen molar-refractivity contribution < 1.29 is 14.4 Å². The van der Waals surface area contributed by atoms with Gasteiger partial charge in [0.25, 0.3) is 5.00 Å². The predicted molar refractivity (Wildman–Crippen MR) is 54.2 cm³/mol. The maximum atomic E-state index is 11.7. The van der Waals surface area contributed by atoms with E-state index >= 15 is 0 Å². The first kappa shape index (κ1) is 10.8. The van der Waals surface area contributed by atoms with Gasteiger partial charge in [-0.1, -0.05) is 11.6 Å². The molecule has 82 valence electrons. The van der Waals surface area contributed by atoms with Crippen LogP contribution >= 0.6 is 27.7 Å². The second-order valence-electron chi connectivity index (χ2n) is 2.80. The van der Waals surface area contributed by atoms with E-state index in [2.05, 4.69) is 31.4 Å². The Hall–Kier alpha value is -1.66. The lowest BCUT2D eigenvalue weighted by Gasteiger charge is -2.30. The molecular formula is C6HBrClN5O3. The van der Waals surface area contributed by atoms with Crippen LogP contribution < -0.4 is 5.32 Å². The van der Waals surface area contributed by atoms with Gasteiger partial charge in [0.05, 0.1) is 21.2 Å². The number of imide groups is 1. The van der Waals surface area contributed by atoms with Crippen LogP contribution in [-0.4, -0.2) is 37.7 Å². The first-order chi connectivity index (χ1) is 7.41. The van der Waals surface area contributed by atoms with Gasteiger partial charge in [0, 0.05) is 0 Å². The molecule has 1 N–H and O–H groups in total. The monoisotopic (exact) mass is 305 g/mol. The number of carbonyl (C=O) groups is 3. The Morgan fingerprint density at radius 1 is 1.50 bits per heavy atom.